The third-order valence-electron chi connectivity index (χ3n) is 4.98. The number of carbonyl (C=O) groups excluding carboxylic acids is 2. The summed E-state index contributed by atoms with van der Waals surface area (Å²) >= 11 is 0. The molecule has 166 valence electrons. The molecule has 30 heavy (non-hydrogen) atoms. The van der Waals surface area contributed by atoms with Gasteiger partial charge in [-0.05, 0) is 43.0 Å². The number of nitrogens with one attached hydrogen (secondary N) is 1. The van der Waals surface area contributed by atoms with E-state index in [1.165, 1.54) is 0 Å². The SMILES string of the molecule is CCCCCNC(=O)c1ccc(Cn2cccc2CN(CCC)C(=O)CC(C)C)o1. The number of hydrogen-bond donors (Lipinski definition) is 1. The second kappa shape index (κ2) is 12.3. The normalized spacial score (nSPS) is 11.1. The van der Waals surface area contributed by atoms with Crippen molar-refractivity contribution in [1.29, 1.82) is 0 Å². The monoisotopic (exact) mass is 415 g/mol. The summed E-state index contributed by atoms with van der Waals surface area (Å²) < 4.78 is 7.85. The molecule has 0 bridgehead atoms. The average Bonchev–Trinajstić information content (AvgIpc) is 3.34. The van der Waals surface area contributed by atoms with Crippen molar-refractivity contribution in [2.75, 3.05) is 13.1 Å². The van der Waals surface area contributed by atoms with Gasteiger partial charge < -0.3 is 19.2 Å². The lowest BCUT2D eigenvalue weighted by atomic mass is 10.1. The molecule has 0 fully saturated rings. The molecule has 0 spiro atoms. The highest BCUT2D eigenvalue weighted by atomic mass is 16.4. The second-order valence-electron chi connectivity index (χ2n) is 8.27. The van der Waals surface area contributed by atoms with Crippen molar-refractivity contribution in [3.8, 4) is 0 Å². The van der Waals surface area contributed by atoms with Gasteiger partial charge in [-0.3, -0.25) is 9.59 Å². The van der Waals surface area contributed by atoms with Crippen LogP contribution in [-0.2, 0) is 17.9 Å². The third kappa shape index (κ3) is 7.39. The quantitative estimate of drug-likeness (QED) is 0.476. The van der Waals surface area contributed by atoms with E-state index in [1.54, 1.807) is 6.07 Å². The molecule has 1 N–H and O–H groups in total. The van der Waals surface area contributed by atoms with Gasteiger partial charge in [0.1, 0.15) is 5.76 Å². The van der Waals surface area contributed by atoms with Crippen LogP contribution in [0, 0.1) is 5.92 Å². The van der Waals surface area contributed by atoms with E-state index >= 15 is 0 Å². The minimum absolute atomic E-state index is 0.168. The van der Waals surface area contributed by atoms with Gasteiger partial charge in [-0.25, -0.2) is 0 Å². The van der Waals surface area contributed by atoms with E-state index in [9.17, 15) is 9.59 Å². The number of rotatable bonds is 13. The predicted molar refractivity (Wildman–Crippen MR) is 119 cm³/mol. The van der Waals surface area contributed by atoms with Crippen LogP contribution < -0.4 is 5.32 Å². The molecule has 2 aromatic rings. The topological polar surface area (TPSA) is 67.5 Å². The van der Waals surface area contributed by atoms with Crippen LogP contribution in [0.25, 0.3) is 0 Å². The second-order valence-corrected chi connectivity index (χ2v) is 8.27. The minimum atomic E-state index is -0.168. The molecule has 0 atom stereocenters. The van der Waals surface area contributed by atoms with Crippen LogP contribution in [0.1, 0.15) is 81.8 Å². The zero-order valence-corrected chi connectivity index (χ0v) is 18.9. The zero-order chi connectivity index (χ0) is 21.9. The minimum Gasteiger partial charge on any atom is -0.454 e. The molecule has 2 aromatic heterocycles. The fourth-order valence-electron chi connectivity index (χ4n) is 3.40. The van der Waals surface area contributed by atoms with Crippen molar-refractivity contribution in [2.24, 2.45) is 5.92 Å². The molecule has 0 aliphatic carbocycles. The highest BCUT2D eigenvalue weighted by molar-refractivity contribution is 5.91. The highest BCUT2D eigenvalue weighted by Gasteiger charge is 2.17. The summed E-state index contributed by atoms with van der Waals surface area (Å²) in [6, 6.07) is 7.59. The Morgan fingerprint density at radius 3 is 2.63 bits per heavy atom. The van der Waals surface area contributed by atoms with E-state index in [0.29, 0.717) is 37.7 Å². The van der Waals surface area contributed by atoms with Crippen LogP contribution >= 0.6 is 0 Å². The van der Waals surface area contributed by atoms with E-state index < -0.39 is 0 Å². The van der Waals surface area contributed by atoms with Crippen molar-refractivity contribution in [3.63, 3.8) is 0 Å². The van der Waals surface area contributed by atoms with Crippen LogP contribution in [0.15, 0.2) is 34.9 Å². The van der Waals surface area contributed by atoms with Crippen molar-refractivity contribution < 1.29 is 14.0 Å². The van der Waals surface area contributed by atoms with E-state index in [-0.39, 0.29) is 11.8 Å². The first-order valence-electron chi connectivity index (χ1n) is 11.2. The van der Waals surface area contributed by atoms with Gasteiger partial charge in [0.25, 0.3) is 5.91 Å². The molecule has 0 aliphatic heterocycles. The molecule has 2 rings (SSSR count). The molecule has 0 saturated carbocycles. The molecule has 0 saturated heterocycles. The Balaban J connectivity index is 1.99. The number of carbonyl (C=O) groups is 2. The predicted octanol–water partition coefficient (Wildman–Crippen LogP) is 4.83. The van der Waals surface area contributed by atoms with Gasteiger partial charge in [0.15, 0.2) is 5.76 Å². The maximum absolute atomic E-state index is 12.6. The number of nitrogens with zero attached hydrogens (tertiary/aromatic N) is 2. The standard InChI is InChI=1S/C24H37N3O3/c1-5-7-8-13-25-24(29)22-12-11-21(30-22)18-26-15-9-10-20(26)17-27(14-6-2)23(28)16-19(3)4/h9-12,15,19H,5-8,13-14,16-18H2,1-4H3,(H,25,29). The first-order chi connectivity index (χ1) is 14.4. The number of hydrogen-bond acceptors (Lipinski definition) is 3. The van der Waals surface area contributed by atoms with E-state index in [0.717, 1.165) is 43.7 Å². The zero-order valence-electron chi connectivity index (χ0n) is 18.9. The summed E-state index contributed by atoms with van der Waals surface area (Å²) in [5, 5.41) is 2.90. The molecular weight excluding hydrogens is 378 g/mol. The van der Waals surface area contributed by atoms with Crippen molar-refractivity contribution in [1.82, 2.24) is 14.8 Å². The Bertz CT molecular complexity index is 791. The molecular formula is C24H37N3O3. The molecule has 0 radical (unpaired) electrons. The fourth-order valence-corrected chi connectivity index (χ4v) is 3.40. The molecule has 6 nitrogen and oxygen atoms in total. The highest BCUT2D eigenvalue weighted by Crippen LogP contribution is 2.15. The van der Waals surface area contributed by atoms with Gasteiger partial charge >= 0.3 is 0 Å². The van der Waals surface area contributed by atoms with Gasteiger partial charge in [-0.1, -0.05) is 40.5 Å². The maximum atomic E-state index is 12.6. The van der Waals surface area contributed by atoms with Crippen molar-refractivity contribution >= 4 is 11.8 Å². The third-order valence-corrected chi connectivity index (χ3v) is 4.98. The lowest BCUT2D eigenvalue weighted by Crippen LogP contribution is -2.32. The van der Waals surface area contributed by atoms with E-state index in [1.807, 2.05) is 29.3 Å². The lowest BCUT2D eigenvalue weighted by molar-refractivity contribution is -0.132. The van der Waals surface area contributed by atoms with Gasteiger partial charge in [-0.15, -0.1) is 0 Å². The van der Waals surface area contributed by atoms with E-state index in [2.05, 4.69) is 37.6 Å². The van der Waals surface area contributed by atoms with Crippen molar-refractivity contribution in [2.45, 2.75) is 72.9 Å². The lowest BCUT2D eigenvalue weighted by Gasteiger charge is -2.24. The largest absolute Gasteiger partial charge is 0.454 e. The number of aromatic nitrogens is 1. The maximum Gasteiger partial charge on any atom is 0.286 e. The Hall–Kier alpha value is -2.50. The summed E-state index contributed by atoms with van der Waals surface area (Å²) in [7, 11) is 0. The number of furan rings is 1. The Morgan fingerprint density at radius 1 is 1.13 bits per heavy atom. The number of amides is 2. The molecule has 2 amide bonds. The smallest absolute Gasteiger partial charge is 0.286 e. The summed E-state index contributed by atoms with van der Waals surface area (Å²) in [5.74, 6) is 1.44. The van der Waals surface area contributed by atoms with Crippen molar-refractivity contribution in [3.05, 3.63) is 47.7 Å². The summed E-state index contributed by atoms with van der Waals surface area (Å²) in [6.07, 6.45) is 6.69. The Morgan fingerprint density at radius 2 is 1.93 bits per heavy atom. The van der Waals surface area contributed by atoms with Gasteiger partial charge in [-0.2, -0.15) is 0 Å². The summed E-state index contributed by atoms with van der Waals surface area (Å²) in [5.41, 5.74) is 1.06. The first kappa shape index (κ1) is 23.8. The van der Waals surface area contributed by atoms with E-state index in [4.69, 9.17) is 4.42 Å². The Labute approximate surface area is 180 Å². The van der Waals surface area contributed by atoms with Gasteiger partial charge in [0.2, 0.25) is 5.91 Å². The fraction of sp³-hybridized carbons (Fsp3) is 0.583. The van der Waals surface area contributed by atoms with Crippen LogP contribution in [0.4, 0.5) is 0 Å². The van der Waals surface area contributed by atoms with Gasteiger partial charge in [0.05, 0.1) is 13.1 Å². The molecule has 0 aromatic carbocycles. The molecule has 0 aliphatic rings. The van der Waals surface area contributed by atoms with Gasteiger partial charge in [0, 0.05) is 31.4 Å². The summed E-state index contributed by atoms with van der Waals surface area (Å²) in [6.45, 7) is 10.9. The molecule has 2 heterocycles. The summed E-state index contributed by atoms with van der Waals surface area (Å²) in [4.78, 5) is 26.7. The van der Waals surface area contributed by atoms with Crippen LogP contribution in [0.3, 0.4) is 0 Å². The van der Waals surface area contributed by atoms with Crippen LogP contribution in [0.2, 0.25) is 0 Å². The molecule has 6 heteroatoms. The van der Waals surface area contributed by atoms with Crippen LogP contribution in [-0.4, -0.2) is 34.4 Å². The first-order valence-corrected chi connectivity index (χ1v) is 11.2. The van der Waals surface area contributed by atoms with Crippen LogP contribution in [0.5, 0.6) is 0 Å². The Kier molecular flexibility index (Phi) is 9.71. The molecule has 0 unspecified atom stereocenters. The average molecular weight is 416 g/mol. The number of unbranched alkanes of at least 4 members (excludes halogenated alkanes) is 2.